The largest absolute Gasteiger partial charge is 0.494 e. The number of nitrogens with one attached hydrogen (secondary N) is 1. The normalized spacial score (nSPS) is 10.7. The van der Waals surface area contributed by atoms with Crippen LogP contribution in [0, 0.1) is 6.92 Å². The molecule has 0 saturated heterocycles. The molecule has 0 saturated carbocycles. The topological polar surface area (TPSA) is 59.9 Å². The summed E-state index contributed by atoms with van der Waals surface area (Å²) in [6, 6.07) is 22.7. The van der Waals surface area contributed by atoms with Crippen LogP contribution in [0.3, 0.4) is 0 Å². The number of ether oxygens (including phenoxy) is 2. The minimum Gasteiger partial charge on any atom is -0.494 e. The molecule has 0 bridgehead atoms. The Morgan fingerprint density at radius 1 is 0.966 bits per heavy atom. The molecule has 0 fully saturated rings. The number of carbonyl (C=O) groups excluding carboxylic acids is 1. The number of nitrogens with zero attached hydrogens (tertiary/aromatic N) is 1. The number of anilines is 1. The van der Waals surface area contributed by atoms with Crippen molar-refractivity contribution in [3.63, 3.8) is 0 Å². The van der Waals surface area contributed by atoms with Gasteiger partial charge in [-0.05, 0) is 73.5 Å². The zero-order valence-electron chi connectivity index (χ0n) is 16.6. The summed E-state index contributed by atoms with van der Waals surface area (Å²) in [6.07, 6.45) is 1.76. The third-order valence-electron chi connectivity index (χ3n) is 4.04. The Bertz CT molecular complexity index is 981. The van der Waals surface area contributed by atoms with Gasteiger partial charge in [-0.3, -0.25) is 9.79 Å². The summed E-state index contributed by atoms with van der Waals surface area (Å²) in [5, 5.41) is 2.83. The molecule has 0 radical (unpaired) electrons. The van der Waals surface area contributed by atoms with Crippen molar-refractivity contribution in [1.29, 1.82) is 0 Å². The highest BCUT2D eigenvalue weighted by atomic mass is 16.5. The lowest BCUT2D eigenvalue weighted by Crippen LogP contribution is -2.20. The number of amides is 1. The summed E-state index contributed by atoms with van der Waals surface area (Å²) in [4.78, 5) is 16.6. The van der Waals surface area contributed by atoms with Crippen LogP contribution in [-0.4, -0.2) is 25.3 Å². The Labute approximate surface area is 171 Å². The van der Waals surface area contributed by atoms with E-state index in [0.29, 0.717) is 12.4 Å². The van der Waals surface area contributed by atoms with Crippen LogP contribution in [0.5, 0.6) is 11.5 Å². The number of rotatable bonds is 8. The van der Waals surface area contributed by atoms with Gasteiger partial charge in [-0.15, -0.1) is 0 Å². The van der Waals surface area contributed by atoms with E-state index in [-0.39, 0.29) is 12.5 Å². The van der Waals surface area contributed by atoms with Crippen LogP contribution in [0.2, 0.25) is 0 Å². The Kier molecular flexibility index (Phi) is 7.00. The van der Waals surface area contributed by atoms with E-state index in [1.54, 1.807) is 6.21 Å². The fourth-order valence-electron chi connectivity index (χ4n) is 2.70. The van der Waals surface area contributed by atoms with Crippen LogP contribution in [0.1, 0.15) is 18.1 Å². The SMILES string of the molecule is CCOc1ccc(N=Cc2cccc(OCC(=O)Nc3cccc(C)c3)c2)cc1. The Balaban J connectivity index is 1.55. The maximum absolute atomic E-state index is 12.1. The first-order valence-corrected chi connectivity index (χ1v) is 9.48. The third kappa shape index (κ3) is 6.50. The van der Waals surface area contributed by atoms with Crippen LogP contribution >= 0.6 is 0 Å². The van der Waals surface area contributed by atoms with E-state index in [4.69, 9.17) is 9.47 Å². The Morgan fingerprint density at radius 2 is 1.76 bits per heavy atom. The fraction of sp³-hybridized carbons (Fsp3) is 0.167. The molecular formula is C24H24N2O3. The molecular weight excluding hydrogens is 364 g/mol. The fourth-order valence-corrected chi connectivity index (χ4v) is 2.70. The van der Waals surface area contributed by atoms with E-state index >= 15 is 0 Å². The van der Waals surface area contributed by atoms with E-state index in [9.17, 15) is 4.79 Å². The summed E-state index contributed by atoms with van der Waals surface area (Å²) < 4.78 is 11.0. The molecule has 0 aliphatic heterocycles. The zero-order chi connectivity index (χ0) is 20.5. The highest BCUT2D eigenvalue weighted by Crippen LogP contribution is 2.19. The van der Waals surface area contributed by atoms with E-state index in [2.05, 4.69) is 10.3 Å². The maximum Gasteiger partial charge on any atom is 0.262 e. The lowest BCUT2D eigenvalue weighted by molar-refractivity contribution is -0.118. The predicted molar refractivity (Wildman–Crippen MR) is 117 cm³/mol. The van der Waals surface area contributed by atoms with Crippen LogP contribution in [-0.2, 0) is 4.79 Å². The van der Waals surface area contributed by atoms with Crippen molar-refractivity contribution in [3.05, 3.63) is 83.9 Å². The molecule has 0 aromatic heterocycles. The second-order valence-electron chi connectivity index (χ2n) is 6.46. The van der Waals surface area contributed by atoms with Crippen molar-refractivity contribution in [2.45, 2.75) is 13.8 Å². The molecule has 1 amide bonds. The van der Waals surface area contributed by atoms with Gasteiger partial charge in [0.1, 0.15) is 11.5 Å². The van der Waals surface area contributed by atoms with Gasteiger partial charge < -0.3 is 14.8 Å². The molecule has 148 valence electrons. The van der Waals surface area contributed by atoms with Gasteiger partial charge in [0, 0.05) is 11.9 Å². The highest BCUT2D eigenvalue weighted by Gasteiger charge is 2.04. The van der Waals surface area contributed by atoms with Crippen molar-refractivity contribution in [1.82, 2.24) is 0 Å². The molecule has 29 heavy (non-hydrogen) atoms. The molecule has 3 rings (SSSR count). The summed E-state index contributed by atoms with van der Waals surface area (Å²) in [5.41, 5.74) is 3.56. The van der Waals surface area contributed by atoms with E-state index in [1.807, 2.05) is 86.6 Å². The summed E-state index contributed by atoms with van der Waals surface area (Å²) in [7, 11) is 0. The molecule has 0 aliphatic carbocycles. The first kappa shape index (κ1) is 20.1. The van der Waals surface area contributed by atoms with Gasteiger partial charge in [0.15, 0.2) is 6.61 Å². The third-order valence-corrected chi connectivity index (χ3v) is 4.04. The van der Waals surface area contributed by atoms with E-state index < -0.39 is 0 Å². The van der Waals surface area contributed by atoms with Gasteiger partial charge in [-0.2, -0.15) is 0 Å². The molecule has 3 aromatic carbocycles. The maximum atomic E-state index is 12.1. The number of carbonyl (C=O) groups is 1. The van der Waals surface area contributed by atoms with E-state index in [1.165, 1.54) is 0 Å². The number of aliphatic imine (C=N–C) groups is 1. The lowest BCUT2D eigenvalue weighted by Gasteiger charge is -2.08. The number of aryl methyl sites for hydroxylation is 1. The van der Waals surface area contributed by atoms with Gasteiger partial charge in [0.2, 0.25) is 0 Å². The average molecular weight is 388 g/mol. The first-order valence-electron chi connectivity index (χ1n) is 9.48. The number of benzene rings is 3. The van der Waals surface area contributed by atoms with Gasteiger partial charge >= 0.3 is 0 Å². The number of hydrogen-bond acceptors (Lipinski definition) is 4. The second kappa shape index (κ2) is 10.1. The molecule has 0 unspecified atom stereocenters. The summed E-state index contributed by atoms with van der Waals surface area (Å²) in [5.74, 6) is 1.23. The van der Waals surface area contributed by atoms with Crippen molar-refractivity contribution in [2.75, 3.05) is 18.5 Å². The molecule has 1 N–H and O–H groups in total. The molecule has 5 nitrogen and oxygen atoms in total. The van der Waals surface area contributed by atoms with Crippen LogP contribution in [0.25, 0.3) is 0 Å². The number of hydrogen-bond donors (Lipinski definition) is 1. The summed E-state index contributed by atoms with van der Waals surface area (Å²) >= 11 is 0. The zero-order valence-corrected chi connectivity index (χ0v) is 16.6. The molecule has 0 aliphatic rings. The smallest absolute Gasteiger partial charge is 0.262 e. The minimum atomic E-state index is -0.205. The van der Waals surface area contributed by atoms with Crippen molar-refractivity contribution >= 4 is 23.5 Å². The minimum absolute atomic E-state index is 0.0621. The quantitative estimate of drug-likeness (QED) is 0.542. The van der Waals surface area contributed by atoms with Gasteiger partial charge in [0.05, 0.1) is 12.3 Å². The lowest BCUT2D eigenvalue weighted by atomic mass is 10.2. The van der Waals surface area contributed by atoms with Gasteiger partial charge in [-0.1, -0.05) is 24.3 Å². The molecule has 0 spiro atoms. The Morgan fingerprint density at radius 3 is 2.52 bits per heavy atom. The summed E-state index contributed by atoms with van der Waals surface area (Å²) in [6.45, 7) is 4.51. The average Bonchev–Trinajstić information content (AvgIpc) is 2.72. The standard InChI is InChI=1S/C24H24N2O3/c1-3-28-22-12-10-20(11-13-22)25-16-19-7-5-9-23(15-19)29-17-24(27)26-21-8-4-6-18(2)14-21/h4-16H,3,17H2,1-2H3,(H,26,27). The highest BCUT2D eigenvalue weighted by molar-refractivity contribution is 5.92. The van der Waals surface area contributed by atoms with Gasteiger partial charge in [0.25, 0.3) is 5.91 Å². The molecule has 0 atom stereocenters. The van der Waals surface area contributed by atoms with Crippen molar-refractivity contribution < 1.29 is 14.3 Å². The van der Waals surface area contributed by atoms with Gasteiger partial charge in [-0.25, -0.2) is 0 Å². The monoisotopic (exact) mass is 388 g/mol. The van der Waals surface area contributed by atoms with Crippen LogP contribution in [0.4, 0.5) is 11.4 Å². The molecule has 3 aromatic rings. The Hall–Kier alpha value is -3.60. The predicted octanol–water partition coefficient (Wildman–Crippen LogP) is 5.16. The first-order chi connectivity index (χ1) is 14.1. The van der Waals surface area contributed by atoms with Crippen molar-refractivity contribution in [2.24, 2.45) is 4.99 Å². The molecule has 5 heteroatoms. The molecule has 0 heterocycles. The van der Waals surface area contributed by atoms with Crippen LogP contribution < -0.4 is 14.8 Å². The van der Waals surface area contributed by atoms with E-state index in [0.717, 1.165) is 28.3 Å². The van der Waals surface area contributed by atoms with Crippen molar-refractivity contribution in [3.8, 4) is 11.5 Å². The van der Waals surface area contributed by atoms with Crippen LogP contribution in [0.15, 0.2) is 77.8 Å². The second-order valence-corrected chi connectivity index (χ2v) is 6.46.